The van der Waals surface area contributed by atoms with Crippen molar-refractivity contribution in [3.8, 4) is 0 Å². The van der Waals surface area contributed by atoms with Crippen molar-refractivity contribution in [3.05, 3.63) is 64.3 Å². The molecule has 0 aliphatic heterocycles. The SMILES string of the molecule is Cc1cc(C)c(C)c(S(=O)(=O)NNC(=O)c2cn(C)c3ccccc23)c1C. The molecule has 0 saturated carbocycles. The fourth-order valence-electron chi connectivity index (χ4n) is 3.34. The van der Waals surface area contributed by atoms with Gasteiger partial charge in [-0.15, -0.1) is 4.83 Å². The molecule has 0 aliphatic rings. The molecule has 2 aromatic carbocycles. The quantitative estimate of drug-likeness (QED) is 0.678. The Morgan fingerprint density at radius 2 is 1.59 bits per heavy atom. The van der Waals surface area contributed by atoms with E-state index in [-0.39, 0.29) is 4.90 Å². The van der Waals surface area contributed by atoms with Crippen molar-refractivity contribution in [2.45, 2.75) is 32.6 Å². The number of hydrogen-bond donors (Lipinski definition) is 2. The lowest BCUT2D eigenvalue weighted by molar-refractivity contribution is 0.0946. The minimum Gasteiger partial charge on any atom is -0.350 e. The first kappa shape index (κ1) is 19.1. The minimum absolute atomic E-state index is 0.207. The fraction of sp³-hybridized carbons (Fsp3) is 0.250. The highest BCUT2D eigenvalue weighted by atomic mass is 32.2. The van der Waals surface area contributed by atoms with Crippen LogP contribution < -0.4 is 10.3 Å². The summed E-state index contributed by atoms with van der Waals surface area (Å²) in [4.78, 5) is 15.1. The van der Waals surface area contributed by atoms with Crippen molar-refractivity contribution in [1.29, 1.82) is 0 Å². The summed E-state index contributed by atoms with van der Waals surface area (Å²) in [5.41, 5.74) is 6.77. The van der Waals surface area contributed by atoms with Gasteiger partial charge in [0.25, 0.3) is 15.9 Å². The van der Waals surface area contributed by atoms with Crippen LogP contribution in [0.3, 0.4) is 0 Å². The van der Waals surface area contributed by atoms with Gasteiger partial charge < -0.3 is 4.57 Å². The number of hydrogen-bond acceptors (Lipinski definition) is 3. The molecule has 1 aromatic heterocycles. The number of hydrazine groups is 1. The van der Waals surface area contributed by atoms with Crippen LogP contribution in [0, 0.1) is 27.7 Å². The van der Waals surface area contributed by atoms with Crippen LogP contribution in [0.1, 0.15) is 32.6 Å². The molecule has 6 nitrogen and oxygen atoms in total. The molecule has 0 bridgehead atoms. The first-order valence-electron chi connectivity index (χ1n) is 8.57. The molecule has 2 N–H and O–H groups in total. The summed E-state index contributed by atoms with van der Waals surface area (Å²) in [5.74, 6) is -0.505. The molecule has 3 rings (SSSR count). The van der Waals surface area contributed by atoms with Gasteiger partial charge in [-0.2, -0.15) is 0 Å². The van der Waals surface area contributed by atoms with Crippen molar-refractivity contribution >= 4 is 26.8 Å². The number of aromatic nitrogens is 1. The lowest BCUT2D eigenvalue weighted by atomic mass is 10.0. The molecule has 142 valence electrons. The molecular formula is C20H23N3O3S. The lowest BCUT2D eigenvalue weighted by Gasteiger charge is -2.16. The van der Waals surface area contributed by atoms with E-state index in [9.17, 15) is 13.2 Å². The van der Waals surface area contributed by atoms with Gasteiger partial charge in [0.15, 0.2) is 0 Å². The third-order valence-electron chi connectivity index (χ3n) is 5.01. The van der Waals surface area contributed by atoms with Gasteiger partial charge in [0.2, 0.25) is 0 Å². The van der Waals surface area contributed by atoms with Gasteiger partial charge >= 0.3 is 0 Å². The molecule has 0 atom stereocenters. The second-order valence-corrected chi connectivity index (χ2v) is 8.44. The van der Waals surface area contributed by atoms with Crippen LogP contribution in [-0.4, -0.2) is 18.9 Å². The maximum atomic E-state index is 12.9. The fourth-order valence-corrected chi connectivity index (χ4v) is 4.80. The van der Waals surface area contributed by atoms with Crippen molar-refractivity contribution in [2.75, 3.05) is 0 Å². The highest BCUT2D eigenvalue weighted by Gasteiger charge is 2.23. The first-order valence-corrected chi connectivity index (χ1v) is 10.1. The maximum absolute atomic E-state index is 12.9. The van der Waals surface area contributed by atoms with E-state index < -0.39 is 15.9 Å². The number of nitrogens with one attached hydrogen (secondary N) is 2. The van der Waals surface area contributed by atoms with Crippen LogP contribution in [0.15, 0.2) is 41.4 Å². The van der Waals surface area contributed by atoms with E-state index in [1.807, 2.05) is 55.8 Å². The van der Waals surface area contributed by atoms with Crippen molar-refractivity contribution < 1.29 is 13.2 Å². The van der Waals surface area contributed by atoms with Gasteiger partial charge in [-0.05, 0) is 56.0 Å². The van der Waals surface area contributed by atoms with Crippen LogP contribution in [0.2, 0.25) is 0 Å². The average Bonchev–Trinajstić information content (AvgIpc) is 2.95. The highest BCUT2D eigenvalue weighted by Crippen LogP contribution is 2.26. The Morgan fingerprint density at radius 1 is 1.00 bits per heavy atom. The smallest absolute Gasteiger partial charge is 0.268 e. The lowest BCUT2D eigenvalue weighted by Crippen LogP contribution is -2.42. The largest absolute Gasteiger partial charge is 0.350 e. The molecular weight excluding hydrogens is 362 g/mol. The Bertz CT molecular complexity index is 1130. The third-order valence-corrected chi connectivity index (χ3v) is 6.53. The summed E-state index contributed by atoms with van der Waals surface area (Å²) in [7, 11) is -2.07. The zero-order valence-electron chi connectivity index (χ0n) is 16.0. The van der Waals surface area contributed by atoms with Crippen LogP contribution in [0.25, 0.3) is 10.9 Å². The maximum Gasteiger partial charge on any atom is 0.268 e. The average molecular weight is 385 g/mol. The van der Waals surface area contributed by atoms with Gasteiger partial charge in [0, 0.05) is 24.1 Å². The summed E-state index contributed by atoms with van der Waals surface area (Å²) in [6.07, 6.45) is 1.68. The first-order chi connectivity index (χ1) is 12.6. The molecule has 0 radical (unpaired) electrons. The zero-order chi connectivity index (χ0) is 19.9. The van der Waals surface area contributed by atoms with Crippen molar-refractivity contribution in [3.63, 3.8) is 0 Å². The van der Waals surface area contributed by atoms with E-state index in [1.165, 1.54) is 0 Å². The van der Waals surface area contributed by atoms with Gasteiger partial charge in [-0.1, -0.05) is 24.3 Å². The Morgan fingerprint density at radius 3 is 2.22 bits per heavy atom. The Labute approximate surface area is 159 Å². The van der Waals surface area contributed by atoms with Crippen LogP contribution >= 0.6 is 0 Å². The molecule has 0 unspecified atom stereocenters. The topological polar surface area (TPSA) is 80.2 Å². The summed E-state index contributed by atoms with van der Waals surface area (Å²) < 4.78 is 27.5. The Balaban J connectivity index is 1.91. The van der Waals surface area contributed by atoms with E-state index in [0.29, 0.717) is 16.7 Å². The summed E-state index contributed by atoms with van der Waals surface area (Å²) in [6.45, 7) is 7.27. The van der Waals surface area contributed by atoms with Crippen molar-refractivity contribution in [1.82, 2.24) is 14.8 Å². The van der Waals surface area contributed by atoms with E-state index in [2.05, 4.69) is 10.3 Å². The van der Waals surface area contributed by atoms with E-state index >= 15 is 0 Å². The number of nitrogens with zero attached hydrogens (tertiary/aromatic N) is 1. The standard InChI is InChI=1S/C20H23N3O3S/c1-12-10-13(2)15(4)19(14(12)3)27(25,26)22-21-20(24)17-11-23(5)18-9-7-6-8-16(17)18/h6-11,22H,1-5H3,(H,21,24). The number of para-hydroxylation sites is 1. The van der Waals surface area contributed by atoms with Crippen molar-refractivity contribution in [2.24, 2.45) is 7.05 Å². The van der Waals surface area contributed by atoms with Gasteiger partial charge in [-0.25, -0.2) is 8.42 Å². The highest BCUT2D eigenvalue weighted by molar-refractivity contribution is 7.89. The molecule has 1 heterocycles. The van der Waals surface area contributed by atoms with Crippen LogP contribution in [-0.2, 0) is 17.1 Å². The Hall–Kier alpha value is -2.64. The van der Waals surface area contributed by atoms with Gasteiger partial charge in [0.05, 0.1) is 10.5 Å². The monoisotopic (exact) mass is 385 g/mol. The molecule has 27 heavy (non-hydrogen) atoms. The van der Waals surface area contributed by atoms with E-state index in [4.69, 9.17) is 0 Å². The molecule has 0 fully saturated rings. The second kappa shape index (κ2) is 6.83. The van der Waals surface area contributed by atoms with E-state index in [1.54, 1.807) is 20.0 Å². The molecule has 1 amide bonds. The normalized spacial score (nSPS) is 11.7. The molecule has 3 aromatic rings. The number of benzene rings is 2. The number of amides is 1. The molecule has 7 heteroatoms. The predicted molar refractivity (Wildman–Crippen MR) is 106 cm³/mol. The minimum atomic E-state index is -3.90. The number of rotatable bonds is 4. The van der Waals surface area contributed by atoms with Crippen LogP contribution in [0.4, 0.5) is 0 Å². The second-order valence-electron chi connectivity index (χ2n) is 6.82. The van der Waals surface area contributed by atoms with E-state index in [0.717, 1.165) is 22.0 Å². The number of fused-ring (bicyclic) bond motifs is 1. The zero-order valence-corrected chi connectivity index (χ0v) is 16.9. The summed E-state index contributed by atoms with van der Waals surface area (Å²) >= 11 is 0. The number of sulfonamides is 1. The van der Waals surface area contributed by atoms with Gasteiger partial charge in [-0.3, -0.25) is 10.2 Å². The predicted octanol–water partition coefficient (Wildman–Crippen LogP) is 3.04. The summed E-state index contributed by atoms with van der Waals surface area (Å²) in [5, 5.41) is 0.760. The Kier molecular flexibility index (Phi) is 4.84. The van der Waals surface area contributed by atoms with Gasteiger partial charge in [0.1, 0.15) is 0 Å². The number of aryl methyl sites for hydroxylation is 3. The number of carbonyl (C=O) groups is 1. The summed E-state index contributed by atoms with van der Waals surface area (Å²) in [6, 6.07) is 9.41. The molecule has 0 aliphatic carbocycles. The third kappa shape index (κ3) is 3.36. The molecule has 0 saturated heterocycles. The van der Waals surface area contributed by atoms with Crippen LogP contribution in [0.5, 0.6) is 0 Å². The number of carbonyl (C=O) groups excluding carboxylic acids is 1. The molecule has 0 spiro atoms.